The fraction of sp³-hybridized carbons (Fsp3) is 0.241. The van der Waals surface area contributed by atoms with Crippen molar-refractivity contribution in [2.75, 3.05) is 11.5 Å². The average molecular weight is 517 g/mol. The fourth-order valence-electron chi connectivity index (χ4n) is 5.11. The lowest BCUT2D eigenvalue weighted by Crippen LogP contribution is -2.29. The third kappa shape index (κ3) is 4.25. The number of benzene rings is 2. The molecule has 1 aliphatic rings. The number of rotatable bonds is 6. The van der Waals surface area contributed by atoms with Crippen LogP contribution in [-0.4, -0.2) is 21.3 Å². The Morgan fingerprint density at radius 2 is 1.81 bits per heavy atom. The summed E-state index contributed by atoms with van der Waals surface area (Å²) in [5.74, 6) is 0.840. The molecule has 0 spiro atoms. The summed E-state index contributed by atoms with van der Waals surface area (Å²) in [5, 5.41) is 4.98. The van der Waals surface area contributed by atoms with Crippen molar-refractivity contribution in [2.24, 2.45) is 0 Å². The van der Waals surface area contributed by atoms with Crippen LogP contribution < -0.4 is 15.0 Å². The van der Waals surface area contributed by atoms with Crippen LogP contribution in [0.5, 0.6) is 5.75 Å². The highest BCUT2D eigenvalue weighted by molar-refractivity contribution is 7.80. The first kappa shape index (κ1) is 24.3. The minimum absolute atomic E-state index is 0.0928. The molecule has 36 heavy (non-hydrogen) atoms. The van der Waals surface area contributed by atoms with Gasteiger partial charge in [0.05, 0.1) is 24.4 Å². The molecule has 0 bridgehead atoms. The highest BCUT2D eigenvalue weighted by atomic mass is 35.5. The number of anilines is 1. The molecule has 1 N–H and O–H groups in total. The molecule has 3 heterocycles. The van der Waals surface area contributed by atoms with Crippen molar-refractivity contribution in [3.05, 3.63) is 106 Å². The molecular formula is C29H29ClN4OS. The van der Waals surface area contributed by atoms with Gasteiger partial charge in [-0.05, 0) is 106 Å². The second-order valence-electron chi connectivity index (χ2n) is 8.97. The third-order valence-corrected chi connectivity index (χ3v) is 7.52. The van der Waals surface area contributed by atoms with E-state index >= 15 is 0 Å². The zero-order valence-electron chi connectivity index (χ0n) is 20.8. The number of aryl methyl sites for hydroxylation is 1. The largest absolute Gasteiger partial charge is 0.494 e. The summed E-state index contributed by atoms with van der Waals surface area (Å²) in [5.41, 5.74) is 7.55. The molecule has 0 unspecified atom stereocenters. The van der Waals surface area contributed by atoms with Gasteiger partial charge < -0.3 is 19.5 Å². The number of thiocarbonyl (C=S) groups is 1. The number of pyridine rings is 1. The number of nitrogens with zero attached hydrogens (tertiary/aromatic N) is 3. The van der Waals surface area contributed by atoms with Gasteiger partial charge in [0.15, 0.2) is 5.11 Å². The van der Waals surface area contributed by atoms with E-state index in [4.69, 9.17) is 28.6 Å². The van der Waals surface area contributed by atoms with Gasteiger partial charge in [-0.25, -0.2) is 0 Å². The Morgan fingerprint density at radius 1 is 1.03 bits per heavy atom. The number of nitrogens with one attached hydrogen (secondary N) is 1. The maximum Gasteiger partial charge on any atom is 0.174 e. The molecule has 7 heteroatoms. The first-order chi connectivity index (χ1) is 17.4. The summed E-state index contributed by atoms with van der Waals surface area (Å²) < 4.78 is 7.95. The molecule has 2 aromatic carbocycles. The molecule has 1 aliphatic heterocycles. The van der Waals surface area contributed by atoms with E-state index in [9.17, 15) is 0 Å². The zero-order valence-corrected chi connectivity index (χ0v) is 22.4. The van der Waals surface area contributed by atoms with Crippen LogP contribution in [0.15, 0.2) is 72.9 Å². The molecule has 5 nitrogen and oxygen atoms in total. The summed E-state index contributed by atoms with van der Waals surface area (Å²) in [6.07, 6.45) is 1.83. The van der Waals surface area contributed by atoms with Crippen LogP contribution in [0.4, 0.5) is 5.69 Å². The summed E-state index contributed by atoms with van der Waals surface area (Å²) in [6, 6.07) is 22.2. The van der Waals surface area contributed by atoms with Crippen molar-refractivity contribution in [1.82, 2.24) is 14.9 Å². The van der Waals surface area contributed by atoms with Crippen LogP contribution in [0, 0.1) is 20.8 Å². The first-order valence-corrected chi connectivity index (χ1v) is 12.9. The number of hydrogen-bond acceptors (Lipinski definition) is 3. The normalized spacial score (nSPS) is 17.4. The Bertz CT molecular complexity index is 1400. The zero-order chi connectivity index (χ0) is 25.4. The monoisotopic (exact) mass is 516 g/mol. The number of ether oxygens (including phenoxy) is 1. The van der Waals surface area contributed by atoms with Crippen molar-refractivity contribution in [3.63, 3.8) is 0 Å². The van der Waals surface area contributed by atoms with E-state index in [0.29, 0.717) is 11.7 Å². The average Bonchev–Trinajstić information content (AvgIpc) is 3.37. The second-order valence-corrected chi connectivity index (χ2v) is 9.76. The quantitative estimate of drug-likeness (QED) is 0.279. The Morgan fingerprint density at radius 3 is 2.50 bits per heavy atom. The predicted molar refractivity (Wildman–Crippen MR) is 151 cm³/mol. The maximum absolute atomic E-state index is 6.50. The smallest absolute Gasteiger partial charge is 0.174 e. The van der Waals surface area contributed by atoms with E-state index < -0.39 is 0 Å². The van der Waals surface area contributed by atoms with E-state index in [-0.39, 0.29) is 12.1 Å². The summed E-state index contributed by atoms with van der Waals surface area (Å²) in [7, 11) is 0. The molecular weight excluding hydrogens is 488 g/mol. The van der Waals surface area contributed by atoms with E-state index in [1.54, 1.807) is 0 Å². The van der Waals surface area contributed by atoms with Gasteiger partial charge in [0, 0.05) is 34.0 Å². The molecule has 5 rings (SSSR count). The minimum atomic E-state index is -0.111. The molecule has 2 atom stereocenters. The van der Waals surface area contributed by atoms with Crippen molar-refractivity contribution < 1.29 is 4.74 Å². The van der Waals surface area contributed by atoms with Crippen molar-refractivity contribution in [1.29, 1.82) is 0 Å². The summed E-state index contributed by atoms with van der Waals surface area (Å²) in [4.78, 5) is 6.88. The van der Waals surface area contributed by atoms with Crippen molar-refractivity contribution in [2.45, 2.75) is 39.8 Å². The number of halogens is 1. The number of aromatic nitrogens is 2. The molecule has 1 fully saturated rings. The fourth-order valence-corrected chi connectivity index (χ4v) is 5.63. The molecule has 2 aromatic heterocycles. The van der Waals surface area contributed by atoms with Gasteiger partial charge >= 0.3 is 0 Å². The van der Waals surface area contributed by atoms with E-state index in [1.165, 1.54) is 5.56 Å². The van der Waals surface area contributed by atoms with Gasteiger partial charge in [0.2, 0.25) is 0 Å². The molecule has 0 aliphatic carbocycles. The van der Waals surface area contributed by atoms with Crippen molar-refractivity contribution >= 4 is 34.6 Å². The Balaban J connectivity index is 1.66. The van der Waals surface area contributed by atoms with Crippen LogP contribution >= 0.6 is 23.8 Å². The Hall–Kier alpha value is -3.35. The van der Waals surface area contributed by atoms with Gasteiger partial charge in [-0.3, -0.25) is 4.98 Å². The topological polar surface area (TPSA) is 42.3 Å². The Labute approximate surface area is 222 Å². The predicted octanol–water partition coefficient (Wildman–Crippen LogP) is 7.03. The van der Waals surface area contributed by atoms with E-state index in [2.05, 4.69) is 70.9 Å². The van der Waals surface area contributed by atoms with Crippen LogP contribution in [0.2, 0.25) is 5.02 Å². The standard InChI is InChI=1S/C29H29ClN4OS/c1-5-35-22-14-12-21(13-15-22)34-28(27(32-29(34)36)25-10-6-7-16-31-25)23-17-18(2)33(20(23)4)26-11-8-9-24(30)19(26)3/h6-17,27-28H,5H2,1-4H3,(H,32,36)/t27-,28-/m0/s1. The first-order valence-electron chi connectivity index (χ1n) is 12.1. The second kappa shape index (κ2) is 9.96. The van der Waals surface area contributed by atoms with Gasteiger partial charge in [-0.2, -0.15) is 0 Å². The molecule has 0 radical (unpaired) electrons. The van der Waals surface area contributed by atoms with Gasteiger partial charge in [-0.1, -0.05) is 23.7 Å². The van der Waals surface area contributed by atoms with Crippen LogP contribution in [0.1, 0.15) is 47.2 Å². The van der Waals surface area contributed by atoms with Gasteiger partial charge in [-0.15, -0.1) is 0 Å². The minimum Gasteiger partial charge on any atom is -0.494 e. The van der Waals surface area contributed by atoms with Crippen molar-refractivity contribution in [3.8, 4) is 11.4 Å². The summed E-state index contributed by atoms with van der Waals surface area (Å²) in [6.45, 7) is 8.97. The molecule has 184 valence electrons. The van der Waals surface area contributed by atoms with Gasteiger partial charge in [0.25, 0.3) is 0 Å². The highest BCUT2D eigenvalue weighted by Crippen LogP contribution is 2.44. The lowest BCUT2D eigenvalue weighted by molar-refractivity contribution is 0.340. The maximum atomic E-state index is 6.50. The third-order valence-electron chi connectivity index (χ3n) is 6.79. The Kier molecular flexibility index (Phi) is 6.73. The lowest BCUT2D eigenvalue weighted by atomic mass is 9.96. The molecule has 0 amide bonds. The highest BCUT2D eigenvalue weighted by Gasteiger charge is 2.42. The molecule has 1 saturated heterocycles. The molecule has 4 aromatic rings. The van der Waals surface area contributed by atoms with Gasteiger partial charge in [0.1, 0.15) is 5.75 Å². The summed E-state index contributed by atoms with van der Waals surface area (Å²) >= 11 is 12.4. The van der Waals surface area contributed by atoms with Crippen LogP contribution in [-0.2, 0) is 0 Å². The van der Waals surface area contributed by atoms with Crippen LogP contribution in [0.25, 0.3) is 5.69 Å². The van der Waals surface area contributed by atoms with E-state index in [0.717, 1.165) is 44.8 Å². The SMILES string of the molecule is CCOc1ccc(N2C(=S)N[C@@H](c3ccccn3)[C@@H]2c2cc(C)n(-c3cccc(Cl)c3C)c2C)cc1. The van der Waals surface area contributed by atoms with E-state index in [1.807, 2.05) is 49.5 Å². The lowest BCUT2D eigenvalue weighted by Gasteiger charge is -2.28. The van der Waals surface area contributed by atoms with Crippen LogP contribution in [0.3, 0.4) is 0 Å². The number of hydrogen-bond donors (Lipinski definition) is 1. The molecule has 0 saturated carbocycles.